The summed E-state index contributed by atoms with van der Waals surface area (Å²) in [5.74, 6) is 0.169. The number of nitrogens with zero attached hydrogens (tertiary/aromatic N) is 1. The van der Waals surface area contributed by atoms with E-state index in [0.29, 0.717) is 13.0 Å². The summed E-state index contributed by atoms with van der Waals surface area (Å²) in [6.45, 7) is 3.34. The van der Waals surface area contributed by atoms with Crippen molar-refractivity contribution in [2.24, 2.45) is 0 Å². The van der Waals surface area contributed by atoms with Crippen LogP contribution in [-0.4, -0.2) is 59.8 Å². The first kappa shape index (κ1) is 10.5. The third-order valence-corrected chi connectivity index (χ3v) is 4.17. The predicted molar refractivity (Wildman–Crippen MR) is 59.0 cm³/mol. The number of carbonyl (C=O) groups excluding carboxylic acids is 1. The van der Waals surface area contributed by atoms with Crippen LogP contribution in [0.1, 0.15) is 19.3 Å². The van der Waals surface area contributed by atoms with Gasteiger partial charge >= 0.3 is 0 Å². The summed E-state index contributed by atoms with van der Waals surface area (Å²) in [6, 6.07) is -0.162. The van der Waals surface area contributed by atoms with Crippen LogP contribution >= 0.6 is 0 Å². The average Bonchev–Trinajstić information content (AvgIpc) is 2.81. The first-order valence-electron chi connectivity index (χ1n) is 6.14. The second kappa shape index (κ2) is 3.68. The molecule has 3 aliphatic heterocycles. The topological polar surface area (TPSA) is 64.6 Å². The molecule has 3 saturated heterocycles. The molecular weight excluding hydrogens is 206 g/mol. The first-order chi connectivity index (χ1) is 7.69. The van der Waals surface area contributed by atoms with E-state index in [1.54, 1.807) is 0 Å². The number of likely N-dealkylation sites (tertiary alicyclic amines) is 1. The van der Waals surface area contributed by atoms with Crippen LogP contribution in [0.25, 0.3) is 0 Å². The second-order valence-corrected chi connectivity index (χ2v) is 5.32. The SMILES string of the molecule is O=C([C@H]1C[C@H](O)CN1)N1CCC2(CCN2)C1. The lowest BCUT2D eigenvalue weighted by Crippen LogP contribution is -2.59. The van der Waals surface area contributed by atoms with E-state index in [0.717, 1.165) is 26.1 Å². The van der Waals surface area contributed by atoms with Gasteiger partial charge in [-0.2, -0.15) is 0 Å². The summed E-state index contributed by atoms with van der Waals surface area (Å²) in [4.78, 5) is 14.1. The quantitative estimate of drug-likeness (QED) is 0.517. The van der Waals surface area contributed by atoms with Crippen LogP contribution in [0.3, 0.4) is 0 Å². The van der Waals surface area contributed by atoms with Gasteiger partial charge in [-0.1, -0.05) is 0 Å². The Kier molecular flexibility index (Phi) is 2.42. The highest BCUT2D eigenvalue weighted by atomic mass is 16.3. The largest absolute Gasteiger partial charge is 0.392 e. The normalized spacial score (nSPS) is 42.7. The fourth-order valence-corrected chi connectivity index (χ4v) is 3.01. The Morgan fingerprint density at radius 1 is 1.44 bits per heavy atom. The minimum absolute atomic E-state index is 0.162. The molecule has 0 aromatic rings. The molecule has 5 nitrogen and oxygen atoms in total. The summed E-state index contributed by atoms with van der Waals surface area (Å²) in [7, 11) is 0. The Morgan fingerprint density at radius 2 is 2.25 bits per heavy atom. The van der Waals surface area contributed by atoms with E-state index in [-0.39, 0.29) is 23.6 Å². The molecule has 16 heavy (non-hydrogen) atoms. The summed E-state index contributed by atoms with van der Waals surface area (Å²) in [5, 5.41) is 15.9. The molecule has 3 atom stereocenters. The van der Waals surface area contributed by atoms with Gasteiger partial charge in [0.05, 0.1) is 12.1 Å². The molecule has 5 heteroatoms. The number of carbonyl (C=O) groups is 1. The van der Waals surface area contributed by atoms with Crippen molar-refractivity contribution in [3.8, 4) is 0 Å². The van der Waals surface area contributed by atoms with Crippen LogP contribution in [0.2, 0.25) is 0 Å². The van der Waals surface area contributed by atoms with Gasteiger partial charge in [0.2, 0.25) is 5.91 Å². The summed E-state index contributed by atoms with van der Waals surface area (Å²) in [6.07, 6.45) is 2.48. The molecule has 0 radical (unpaired) electrons. The zero-order chi connectivity index (χ0) is 11.2. The van der Waals surface area contributed by atoms with Crippen molar-refractivity contribution >= 4 is 5.91 Å². The molecule has 1 amide bonds. The first-order valence-corrected chi connectivity index (χ1v) is 6.14. The van der Waals surface area contributed by atoms with Crippen molar-refractivity contribution in [1.82, 2.24) is 15.5 Å². The smallest absolute Gasteiger partial charge is 0.239 e. The Labute approximate surface area is 95.2 Å². The van der Waals surface area contributed by atoms with Crippen LogP contribution in [0.4, 0.5) is 0 Å². The van der Waals surface area contributed by atoms with Crippen molar-refractivity contribution in [3.05, 3.63) is 0 Å². The van der Waals surface area contributed by atoms with Crippen molar-refractivity contribution < 1.29 is 9.90 Å². The Hall–Kier alpha value is -0.650. The van der Waals surface area contributed by atoms with E-state index in [1.807, 2.05) is 4.90 Å². The highest BCUT2D eigenvalue weighted by Crippen LogP contribution is 2.30. The minimum atomic E-state index is -0.354. The summed E-state index contributed by atoms with van der Waals surface area (Å²) in [5.41, 5.74) is 0.229. The van der Waals surface area contributed by atoms with E-state index < -0.39 is 0 Å². The zero-order valence-corrected chi connectivity index (χ0v) is 9.41. The standard InChI is InChI=1S/C11H19N3O2/c15-8-5-9(12-6-8)10(16)14-4-2-11(7-14)1-3-13-11/h8-9,12-13,15H,1-7H2/t8-,9+,11?/m0/s1. The van der Waals surface area contributed by atoms with E-state index in [2.05, 4.69) is 10.6 Å². The van der Waals surface area contributed by atoms with Crippen LogP contribution in [0.5, 0.6) is 0 Å². The third kappa shape index (κ3) is 1.63. The van der Waals surface area contributed by atoms with Crippen LogP contribution < -0.4 is 10.6 Å². The van der Waals surface area contributed by atoms with Crippen LogP contribution in [0, 0.1) is 0 Å². The van der Waals surface area contributed by atoms with Gasteiger partial charge < -0.3 is 20.6 Å². The molecule has 0 bridgehead atoms. The maximum absolute atomic E-state index is 12.1. The van der Waals surface area contributed by atoms with Crippen LogP contribution in [-0.2, 0) is 4.79 Å². The number of aliphatic hydroxyl groups excluding tert-OH is 1. The molecule has 3 aliphatic rings. The van der Waals surface area contributed by atoms with Crippen molar-refractivity contribution in [3.63, 3.8) is 0 Å². The Balaban J connectivity index is 1.59. The molecular formula is C11H19N3O2. The molecule has 0 saturated carbocycles. The molecule has 1 unspecified atom stereocenters. The summed E-state index contributed by atoms with van der Waals surface area (Å²) < 4.78 is 0. The van der Waals surface area contributed by atoms with Gasteiger partial charge in [-0.05, 0) is 25.8 Å². The lowest BCUT2D eigenvalue weighted by Gasteiger charge is -2.39. The number of amides is 1. The van der Waals surface area contributed by atoms with Gasteiger partial charge in [0, 0.05) is 25.2 Å². The van der Waals surface area contributed by atoms with E-state index in [4.69, 9.17) is 0 Å². The number of nitrogens with one attached hydrogen (secondary N) is 2. The van der Waals surface area contributed by atoms with Gasteiger partial charge in [0.25, 0.3) is 0 Å². The highest BCUT2D eigenvalue weighted by Gasteiger charge is 2.45. The van der Waals surface area contributed by atoms with E-state index in [1.165, 1.54) is 6.42 Å². The molecule has 1 spiro atoms. The lowest BCUT2D eigenvalue weighted by molar-refractivity contribution is -0.132. The fraction of sp³-hybridized carbons (Fsp3) is 0.909. The zero-order valence-electron chi connectivity index (χ0n) is 9.41. The van der Waals surface area contributed by atoms with Gasteiger partial charge in [0.1, 0.15) is 0 Å². The minimum Gasteiger partial charge on any atom is -0.392 e. The van der Waals surface area contributed by atoms with Crippen molar-refractivity contribution in [2.45, 2.75) is 36.9 Å². The summed E-state index contributed by atoms with van der Waals surface area (Å²) >= 11 is 0. The Bertz CT molecular complexity index is 304. The number of aliphatic hydroxyl groups is 1. The van der Waals surface area contributed by atoms with Crippen LogP contribution in [0.15, 0.2) is 0 Å². The molecule has 0 aromatic carbocycles. The Morgan fingerprint density at radius 3 is 2.75 bits per heavy atom. The molecule has 3 heterocycles. The highest BCUT2D eigenvalue weighted by molar-refractivity contribution is 5.82. The van der Waals surface area contributed by atoms with E-state index >= 15 is 0 Å². The van der Waals surface area contributed by atoms with Gasteiger partial charge in [-0.15, -0.1) is 0 Å². The molecule has 0 aromatic heterocycles. The molecule has 0 aliphatic carbocycles. The number of β-amino-alcohol motifs (C(OH)–C–C–N with tert-alkyl or cyclic N) is 1. The maximum Gasteiger partial charge on any atom is 0.239 e. The molecule has 3 fully saturated rings. The number of hydrogen-bond acceptors (Lipinski definition) is 4. The van der Waals surface area contributed by atoms with Crippen molar-refractivity contribution in [2.75, 3.05) is 26.2 Å². The fourth-order valence-electron chi connectivity index (χ4n) is 3.01. The average molecular weight is 225 g/mol. The predicted octanol–water partition coefficient (Wildman–Crippen LogP) is -1.33. The molecule has 3 rings (SSSR count). The van der Waals surface area contributed by atoms with Gasteiger partial charge in [-0.3, -0.25) is 4.79 Å². The third-order valence-electron chi connectivity index (χ3n) is 4.17. The number of hydrogen-bond donors (Lipinski definition) is 3. The molecule has 90 valence electrons. The maximum atomic E-state index is 12.1. The van der Waals surface area contributed by atoms with E-state index in [9.17, 15) is 9.90 Å². The van der Waals surface area contributed by atoms with Gasteiger partial charge in [-0.25, -0.2) is 0 Å². The second-order valence-electron chi connectivity index (χ2n) is 5.32. The monoisotopic (exact) mass is 225 g/mol. The number of rotatable bonds is 1. The molecule has 3 N–H and O–H groups in total. The lowest BCUT2D eigenvalue weighted by atomic mass is 9.87. The van der Waals surface area contributed by atoms with Crippen molar-refractivity contribution in [1.29, 1.82) is 0 Å². The van der Waals surface area contributed by atoms with Gasteiger partial charge in [0.15, 0.2) is 0 Å².